The van der Waals surface area contributed by atoms with Crippen LogP contribution >= 0.6 is 0 Å². The lowest BCUT2D eigenvalue weighted by molar-refractivity contribution is -0.0509. The third kappa shape index (κ3) is 6.87. The molecule has 0 aliphatic rings. The fraction of sp³-hybridized carbons (Fsp3) is 0.458. The summed E-state index contributed by atoms with van der Waals surface area (Å²) in [5.41, 5.74) is 2.17. The molecule has 0 aliphatic carbocycles. The maximum Gasteiger partial charge on any atom is 0.336 e. The fourth-order valence-electron chi connectivity index (χ4n) is 2.90. The Bertz CT molecular complexity index is 940. The zero-order valence-corrected chi connectivity index (χ0v) is 18.0. The second-order valence-corrected chi connectivity index (χ2v) is 8.27. The summed E-state index contributed by atoms with van der Waals surface area (Å²) in [6.07, 6.45) is 5.04. The van der Waals surface area contributed by atoms with Crippen molar-refractivity contribution < 1.29 is 19.4 Å². The minimum atomic E-state index is -1.11. The van der Waals surface area contributed by atoms with E-state index in [1.165, 1.54) is 11.6 Å². The van der Waals surface area contributed by atoms with Crippen molar-refractivity contribution in [2.45, 2.75) is 65.6 Å². The van der Waals surface area contributed by atoms with Crippen LogP contribution < -0.4 is 10.4 Å². The highest BCUT2D eigenvalue weighted by Crippen LogP contribution is 2.28. The number of benzene rings is 1. The molecule has 29 heavy (non-hydrogen) atoms. The lowest BCUT2D eigenvalue weighted by Gasteiger charge is -2.24. The number of aliphatic hydroxyl groups excluding tert-OH is 1. The molecule has 5 nitrogen and oxygen atoms in total. The van der Waals surface area contributed by atoms with E-state index in [-0.39, 0.29) is 5.63 Å². The number of aliphatic hydroxyl groups is 2. The molecule has 0 aliphatic heterocycles. The van der Waals surface area contributed by atoms with Gasteiger partial charge in [0.15, 0.2) is 0 Å². The Labute approximate surface area is 172 Å². The van der Waals surface area contributed by atoms with Crippen LogP contribution in [0.5, 0.6) is 5.75 Å². The number of hydrogen-bond donors (Lipinski definition) is 2. The Morgan fingerprint density at radius 1 is 1.17 bits per heavy atom. The second-order valence-electron chi connectivity index (χ2n) is 8.27. The van der Waals surface area contributed by atoms with Gasteiger partial charge in [0, 0.05) is 17.0 Å². The van der Waals surface area contributed by atoms with Crippen LogP contribution in [0.2, 0.25) is 0 Å². The number of fused-ring (bicyclic) bond motifs is 1. The van der Waals surface area contributed by atoms with Gasteiger partial charge >= 0.3 is 5.63 Å². The smallest absolute Gasteiger partial charge is 0.336 e. The minimum absolute atomic E-state index is 0.370. The normalized spacial score (nSPS) is 13.4. The molecule has 0 bridgehead atoms. The van der Waals surface area contributed by atoms with Crippen molar-refractivity contribution in [3.63, 3.8) is 0 Å². The highest BCUT2D eigenvalue weighted by molar-refractivity contribution is 5.82. The van der Waals surface area contributed by atoms with Crippen molar-refractivity contribution in [3.8, 4) is 5.75 Å². The lowest BCUT2D eigenvalue weighted by atomic mass is 9.96. The van der Waals surface area contributed by atoms with Gasteiger partial charge in [-0.1, -0.05) is 17.2 Å². The maximum atomic E-state index is 11.7. The largest absolute Gasteiger partial charge is 0.489 e. The molecule has 1 atom stereocenters. The quantitative estimate of drug-likeness (QED) is 0.477. The van der Waals surface area contributed by atoms with E-state index in [0.29, 0.717) is 37.2 Å². The number of allylic oxidation sites excluding steroid dienone is 3. The molecule has 2 rings (SSSR count). The first-order valence-electron chi connectivity index (χ1n) is 9.96. The summed E-state index contributed by atoms with van der Waals surface area (Å²) in [6.45, 7) is 9.60. The van der Waals surface area contributed by atoms with Crippen LogP contribution in [0, 0.1) is 0 Å². The first-order valence-corrected chi connectivity index (χ1v) is 9.96. The Hall–Kier alpha value is -2.37. The summed E-state index contributed by atoms with van der Waals surface area (Å²) in [5, 5.41) is 20.6. The van der Waals surface area contributed by atoms with Crippen molar-refractivity contribution >= 4 is 11.0 Å². The van der Waals surface area contributed by atoms with Gasteiger partial charge in [-0.25, -0.2) is 4.79 Å². The van der Waals surface area contributed by atoms with E-state index in [0.717, 1.165) is 16.5 Å². The zero-order chi connectivity index (χ0) is 21.6. The molecule has 0 amide bonds. The van der Waals surface area contributed by atoms with Gasteiger partial charge < -0.3 is 19.4 Å². The molecule has 1 heterocycles. The van der Waals surface area contributed by atoms with Gasteiger partial charge in [-0.05, 0) is 78.2 Å². The number of rotatable bonds is 9. The van der Waals surface area contributed by atoms with Crippen molar-refractivity contribution in [2.24, 2.45) is 0 Å². The maximum absolute atomic E-state index is 11.7. The zero-order valence-electron chi connectivity index (χ0n) is 18.0. The van der Waals surface area contributed by atoms with Crippen LogP contribution in [0.25, 0.3) is 11.0 Å². The molecule has 0 radical (unpaired) electrons. The highest BCUT2D eigenvalue weighted by Gasteiger charge is 2.23. The average molecular weight is 401 g/mol. The van der Waals surface area contributed by atoms with Crippen LogP contribution in [-0.4, -0.2) is 28.5 Å². The molecule has 158 valence electrons. The summed E-state index contributed by atoms with van der Waals surface area (Å²) in [6, 6.07) is 6.96. The summed E-state index contributed by atoms with van der Waals surface area (Å²) >= 11 is 0. The Morgan fingerprint density at radius 2 is 1.86 bits per heavy atom. The topological polar surface area (TPSA) is 79.9 Å². The first-order chi connectivity index (χ1) is 13.6. The van der Waals surface area contributed by atoms with E-state index in [9.17, 15) is 15.0 Å². The second kappa shape index (κ2) is 9.90. The predicted molar refractivity (Wildman–Crippen MR) is 116 cm³/mol. The Morgan fingerprint density at radius 3 is 2.52 bits per heavy atom. The molecule has 1 aromatic carbocycles. The third-order valence-electron chi connectivity index (χ3n) is 4.86. The van der Waals surface area contributed by atoms with Gasteiger partial charge in [-0.3, -0.25) is 0 Å². The summed E-state index contributed by atoms with van der Waals surface area (Å²) in [4.78, 5) is 11.7. The van der Waals surface area contributed by atoms with Gasteiger partial charge in [0.2, 0.25) is 0 Å². The summed E-state index contributed by atoms with van der Waals surface area (Å²) in [5.74, 6) is 0.685. The van der Waals surface area contributed by atoms with Crippen LogP contribution in [0.3, 0.4) is 0 Å². The summed E-state index contributed by atoms with van der Waals surface area (Å²) in [7, 11) is 0. The number of ether oxygens (including phenoxy) is 1. The van der Waals surface area contributed by atoms with Gasteiger partial charge in [0.1, 0.15) is 17.9 Å². The fourth-order valence-corrected chi connectivity index (χ4v) is 2.90. The van der Waals surface area contributed by atoms with Crippen molar-refractivity contribution in [1.29, 1.82) is 0 Å². The van der Waals surface area contributed by atoms with E-state index in [4.69, 9.17) is 9.15 Å². The SMILES string of the molecule is CC(C)=CCc1c(OCC=C(C)CCC(O)C(C)(C)O)ccc2ccc(=O)oc12. The average Bonchev–Trinajstić information content (AvgIpc) is 2.63. The summed E-state index contributed by atoms with van der Waals surface area (Å²) < 4.78 is 11.4. The monoisotopic (exact) mass is 400 g/mol. The molecule has 2 aromatic rings. The van der Waals surface area contributed by atoms with E-state index in [2.05, 4.69) is 6.08 Å². The van der Waals surface area contributed by atoms with E-state index >= 15 is 0 Å². The lowest BCUT2D eigenvalue weighted by Crippen LogP contribution is -2.35. The molecule has 0 saturated heterocycles. The minimum Gasteiger partial charge on any atom is -0.489 e. The van der Waals surface area contributed by atoms with Crippen LogP contribution in [0.15, 0.2) is 56.8 Å². The van der Waals surface area contributed by atoms with Gasteiger partial charge in [-0.15, -0.1) is 0 Å². The van der Waals surface area contributed by atoms with Crippen molar-refractivity contribution in [2.75, 3.05) is 6.61 Å². The van der Waals surface area contributed by atoms with E-state index in [1.54, 1.807) is 19.9 Å². The van der Waals surface area contributed by atoms with Gasteiger partial charge in [-0.2, -0.15) is 0 Å². The molecular formula is C24H32O5. The van der Waals surface area contributed by atoms with E-state index in [1.807, 2.05) is 39.0 Å². The van der Waals surface area contributed by atoms with Crippen molar-refractivity contribution in [3.05, 3.63) is 63.5 Å². The highest BCUT2D eigenvalue weighted by atomic mass is 16.5. The molecule has 0 saturated carbocycles. The molecule has 0 fully saturated rings. The standard InChI is InChI=1S/C24H32O5/c1-16(2)6-10-19-20(11-8-18-9-13-22(26)29-23(18)19)28-15-14-17(3)7-12-21(25)24(4,5)27/h6,8-9,11,13-14,21,25,27H,7,10,12,15H2,1-5H3. The van der Waals surface area contributed by atoms with Gasteiger partial charge in [0.25, 0.3) is 0 Å². The molecular weight excluding hydrogens is 368 g/mol. The van der Waals surface area contributed by atoms with Gasteiger partial charge in [0.05, 0.1) is 11.7 Å². The molecule has 2 N–H and O–H groups in total. The molecule has 5 heteroatoms. The predicted octanol–water partition coefficient (Wildman–Crippen LogP) is 4.54. The molecule has 1 unspecified atom stereocenters. The third-order valence-corrected chi connectivity index (χ3v) is 4.86. The van der Waals surface area contributed by atoms with Crippen LogP contribution in [0.1, 0.15) is 53.0 Å². The molecule has 1 aromatic heterocycles. The number of hydrogen-bond acceptors (Lipinski definition) is 5. The van der Waals surface area contributed by atoms with E-state index < -0.39 is 11.7 Å². The molecule has 0 spiro atoms. The first kappa shape index (κ1) is 22.9. The Balaban J connectivity index is 2.15. The Kier molecular flexibility index (Phi) is 7.82. The van der Waals surface area contributed by atoms with Crippen LogP contribution in [0.4, 0.5) is 0 Å². The van der Waals surface area contributed by atoms with Crippen LogP contribution in [-0.2, 0) is 6.42 Å². The van der Waals surface area contributed by atoms with Crippen molar-refractivity contribution in [1.82, 2.24) is 0 Å².